The van der Waals surface area contributed by atoms with E-state index in [-0.39, 0.29) is 29.8 Å². The maximum Gasteiger partial charge on any atom is 0.264 e. The molecule has 44 heavy (non-hydrogen) atoms. The molecule has 0 saturated heterocycles. The van der Waals surface area contributed by atoms with E-state index in [1.807, 2.05) is 75.4 Å². The van der Waals surface area contributed by atoms with Crippen LogP contribution in [0.25, 0.3) is 0 Å². The van der Waals surface area contributed by atoms with E-state index in [0.717, 1.165) is 31.0 Å². The lowest BCUT2D eigenvalue weighted by Gasteiger charge is -2.34. The van der Waals surface area contributed by atoms with Crippen molar-refractivity contribution >= 4 is 50.1 Å². The quantitative estimate of drug-likeness (QED) is 0.163. The summed E-state index contributed by atoms with van der Waals surface area (Å²) in [6, 6.07) is 31.4. The van der Waals surface area contributed by atoms with Crippen LogP contribution in [0.2, 0.25) is 0 Å². The van der Waals surface area contributed by atoms with Crippen molar-refractivity contribution in [2.75, 3.05) is 10.8 Å². The molecule has 7 nitrogen and oxygen atoms in total. The van der Waals surface area contributed by atoms with E-state index in [2.05, 4.69) is 27.9 Å². The van der Waals surface area contributed by atoms with Crippen molar-refractivity contribution in [1.82, 2.24) is 10.2 Å². The van der Waals surface area contributed by atoms with Crippen molar-refractivity contribution in [3.8, 4) is 0 Å². The van der Waals surface area contributed by atoms with Gasteiger partial charge in [-0.2, -0.15) is 0 Å². The SMILES string of the molecule is CC[C@@H](C)NC(=O)[C@H](Cc1ccccc1)N(Cc1ccccc1C)C(=O)CN(c1ccc(I)cc1)S(=O)(=O)c1ccccc1. The number of nitrogens with one attached hydrogen (secondary N) is 1. The number of carbonyl (C=O) groups excluding carboxylic acids is 2. The van der Waals surface area contributed by atoms with Crippen molar-refractivity contribution in [3.05, 3.63) is 129 Å². The third kappa shape index (κ3) is 8.47. The zero-order valence-corrected chi connectivity index (χ0v) is 28.2. The van der Waals surface area contributed by atoms with Crippen LogP contribution >= 0.6 is 22.6 Å². The van der Waals surface area contributed by atoms with E-state index in [1.165, 1.54) is 17.0 Å². The fraction of sp³-hybridized carbons (Fsp3) is 0.257. The third-order valence-electron chi connectivity index (χ3n) is 7.60. The molecule has 4 aromatic carbocycles. The molecule has 0 radical (unpaired) electrons. The second kappa shape index (κ2) is 15.3. The largest absolute Gasteiger partial charge is 0.352 e. The maximum atomic E-state index is 14.5. The molecule has 2 atom stereocenters. The number of anilines is 1. The monoisotopic (exact) mass is 723 g/mol. The van der Waals surface area contributed by atoms with E-state index in [1.54, 1.807) is 42.5 Å². The van der Waals surface area contributed by atoms with Gasteiger partial charge in [-0.05, 0) is 95.9 Å². The Hall–Kier alpha value is -3.70. The Labute approximate surface area is 274 Å². The van der Waals surface area contributed by atoms with Crippen molar-refractivity contribution in [1.29, 1.82) is 0 Å². The Bertz CT molecular complexity index is 1650. The molecule has 0 aliphatic carbocycles. The molecule has 230 valence electrons. The first kappa shape index (κ1) is 33.2. The summed E-state index contributed by atoms with van der Waals surface area (Å²) in [6.07, 6.45) is 1.00. The van der Waals surface area contributed by atoms with E-state index < -0.39 is 28.5 Å². The van der Waals surface area contributed by atoms with Gasteiger partial charge in [0, 0.05) is 22.6 Å². The van der Waals surface area contributed by atoms with Crippen LogP contribution < -0.4 is 9.62 Å². The Morgan fingerprint density at radius 1 is 0.841 bits per heavy atom. The van der Waals surface area contributed by atoms with Gasteiger partial charge in [-0.15, -0.1) is 0 Å². The van der Waals surface area contributed by atoms with Crippen molar-refractivity contribution in [3.63, 3.8) is 0 Å². The molecule has 0 unspecified atom stereocenters. The highest BCUT2D eigenvalue weighted by Gasteiger charge is 2.35. The van der Waals surface area contributed by atoms with Crippen molar-refractivity contribution < 1.29 is 18.0 Å². The van der Waals surface area contributed by atoms with Gasteiger partial charge in [-0.25, -0.2) is 8.42 Å². The Morgan fingerprint density at radius 3 is 2.05 bits per heavy atom. The molecule has 9 heteroatoms. The van der Waals surface area contributed by atoms with Gasteiger partial charge >= 0.3 is 0 Å². The lowest BCUT2D eigenvalue weighted by molar-refractivity contribution is -0.140. The molecule has 0 spiro atoms. The lowest BCUT2D eigenvalue weighted by Crippen LogP contribution is -2.54. The summed E-state index contributed by atoms with van der Waals surface area (Å²) in [5, 5.41) is 3.07. The summed E-state index contributed by atoms with van der Waals surface area (Å²) in [6.45, 7) is 5.53. The van der Waals surface area contributed by atoms with Crippen LogP contribution in [-0.4, -0.2) is 43.8 Å². The average molecular weight is 724 g/mol. The molecular weight excluding hydrogens is 685 g/mol. The van der Waals surface area contributed by atoms with Gasteiger partial charge in [0.15, 0.2) is 0 Å². The summed E-state index contributed by atoms with van der Waals surface area (Å²) in [5.74, 6) is -0.761. The van der Waals surface area contributed by atoms with Gasteiger partial charge in [-0.1, -0.05) is 79.7 Å². The number of nitrogens with zero attached hydrogens (tertiary/aromatic N) is 2. The highest BCUT2D eigenvalue weighted by molar-refractivity contribution is 14.1. The normalized spacial score (nSPS) is 12.6. The molecule has 2 amide bonds. The molecule has 0 bridgehead atoms. The second-order valence-corrected chi connectivity index (χ2v) is 13.9. The number of rotatable bonds is 13. The van der Waals surface area contributed by atoms with Crippen molar-refractivity contribution in [2.24, 2.45) is 0 Å². The van der Waals surface area contributed by atoms with Crippen LogP contribution in [0.1, 0.15) is 37.0 Å². The minimum atomic E-state index is -4.12. The van der Waals surface area contributed by atoms with Crippen LogP contribution in [0.4, 0.5) is 5.69 Å². The smallest absolute Gasteiger partial charge is 0.264 e. The molecule has 1 N–H and O–H groups in total. The zero-order chi connectivity index (χ0) is 31.7. The number of sulfonamides is 1. The minimum Gasteiger partial charge on any atom is -0.352 e. The highest BCUT2D eigenvalue weighted by atomic mass is 127. The first-order valence-electron chi connectivity index (χ1n) is 14.6. The molecule has 0 fully saturated rings. The average Bonchev–Trinajstić information content (AvgIpc) is 3.03. The fourth-order valence-corrected chi connectivity index (χ4v) is 6.62. The number of benzene rings is 4. The van der Waals surface area contributed by atoms with Crippen LogP contribution in [0.15, 0.2) is 114 Å². The van der Waals surface area contributed by atoms with Crippen LogP contribution in [0.3, 0.4) is 0 Å². The van der Waals surface area contributed by atoms with Crippen LogP contribution in [-0.2, 0) is 32.6 Å². The van der Waals surface area contributed by atoms with E-state index >= 15 is 0 Å². The van der Waals surface area contributed by atoms with Gasteiger partial charge < -0.3 is 10.2 Å². The number of halogens is 1. The van der Waals surface area contributed by atoms with Gasteiger partial charge in [-0.3, -0.25) is 13.9 Å². The topological polar surface area (TPSA) is 86.8 Å². The molecule has 0 aliphatic rings. The predicted molar refractivity (Wildman–Crippen MR) is 184 cm³/mol. The van der Waals surface area contributed by atoms with Crippen molar-refractivity contribution in [2.45, 2.75) is 57.1 Å². The number of amides is 2. The van der Waals surface area contributed by atoms with Gasteiger partial charge in [0.1, 0.15) is 12.6 Å². The Balaban J connectivity index is 1.80. The summed E-state index contributed by atoms with van der Waals surface area (Å²) in [5.41, 5.74) is 3.10. The third-order valence-corrected chi connectivity index (χ3v) is 10.1. The molecule has 4 rings (SSSR count). The van der Waals surface area contributed by atoms with E-state index in [4.69, 9.17) is 0 Å². The summed E-state index contributed by atoms with van der Waals surface area (Å²) in [7, 11) is -4.12. The number of hydrogen-bond donors (Lipinski definition) is 1. The molecule has 4 aromatic rings. The Kier molecular flexibility index (Phi) is 11.6. The zero-order valence-electron chi connectivity index (χ0n) is 25.2. The molecule has 0 aliphatic heterocycles. The number of aryl methyl sites for hydroxylation is 1. The molecule has 0 heterocycles. The second-order valence-electron chi connectivity index (χ2n) is 10.8. The molecule has 0 saturated carbocycles. The van der Waals surface area contributed by atoms with Gasteiger partial charge in [0.25, 0.3) is 10.0 Å². The number of carbonyl (C=O) groups is 2. The van der Waals surface area contributed by atoms with Crippen LogP contribution in [0.5, 0.6) is 0 Å². The Morgan fingerprint density at radius 2 is 1.43 bits per heavy atom. The van der Waals surface area contributed by atoms with Crippen LogP contribution in [0, 0.1) is 10.5 Å². The molecule has 0 aromatic heterocycles. The summed E-state index contributed by atoms with van der Waals surface area (Å²) in [4.78, 5) is 30.0. The maximum absolute atomic E-state index is 14.5. The van der Waals surface area contributed by atoms with E-state index in [0.29, 0.717) is 5.69 Å². The highest BCUT2D eigenvalue weighted by Crippen LogP contribution is 2.26. The fourth-order valence-electron chi connectivity index (χ4n) is 4.82. The first-order chi connectivity index (χ1) is 21.1. The van der Waals surface area contributed by atoms with Gasteiger partial charge in [0.05, 0.1) is 10.6 Å². The van der Waals surface area contributed by atoms with Gasteiger partial charge in [0.2, 0.25) is 11.8 Å². The summed E-state index contributed by atoms with van der Waals surface area (Å²) >= 11 is 2.16. The first-order valence-corrected chi connectivity index (χ1v) is 17.1. The number of hydrogen-bond acceptors (Lipinski definition) is 4. The summed E-state index contributed by atoms with van der Waals surface area (Å²) < 4.78 is 30.2. The standard InChI is InChI=1S/C35H38IN3O4S/c1-4-27(3)37-35(41)33(23-28-14-7-5-8-15-28)38(24-29-16-12-11-13-26(29)2)34(40)25-39(31-21-19-30(36)20-22-31)44(42,43)32-17-9-6-10-18-32/h5-22,27,33H,4,23-25H2,1-3H3,(H,37,41)/t27-,33+/m1/s1. The van der Waals surface area contributed by atoms with E-state index in [9.17, 15) is 18.0 Å². The minimum absolute atomic E-state index is 0.0761. The molecular formula is C35H38IN3O4S. The lowest BCUT2D eigenvalue weighted by atomic mass is 10.0. The predicted octanol–water partition coefficient (Wildman–Crippen LogP) is 6.35.